The Labute approximate surface area is 377 Å². The minimum absolute atomic E-state index is 0.193. The quantitative estimate of drug-likeness (QED) is 0.115. The summed E-state index contributed by atoms with van der Waals surface area (Å²) in [6.07, 6.45) is 17.0. The van der Waals surface area contributed by atoms with Gasteiger partial charge in [-0.15, -0.1) is 0 Å². The molecule has 10 rings (SSSR count). The summed E-state index contributed by atoms with van der Waals surface area (Å²) in [6.45, 7) is 0. The van der Waals surface area contributed by atoms with Crippen molar-refractivity contribution in [2.75, 3.05) is 17.7 Å². The molecule has 18 heteroatoms. The maximum absolute atomic E-state index is 13.3. The zero-order valence-electron chi connectivity index (χ0n) is 35.6. The fourth-order valence-corrected chi connectivity index (χ4v) is 11.1. The molecule has 2 aliphatic rings. The van der Waals surface area contributed by atoms with Crippen molar-refractivity contribution in [1.29, 1.82) is 0 Å². The number of pyridine rings is 2. The van der Waals surface area contributed by atoms with Crippen molar-refractivity contribution < 1.29 is 26.7 Å². The molecule has 0 amide bonds. The molecule has 65 heavy (non-hydrogen) atoms. The Kier molecular flexibility index (Phi) is 12.7. The summed E-state index contributed by atoms with van der Waals surface area (Å²) in [5, 5.41) is 17.9. The first kappa shape index (κ1) is 43.6. The third-order valence-electron chi connectivity index (χ3n) is 11.9. The van der Waals surface area contributed by atoms with E-state index in [2.05, 4.69) is 35.6 Å². The van der Waals surface area contributed by atoms with Crippen LogP contribution in [0, 0.1) is 0 Å². The number of hydrogen-bond donors (Lipinski definition) is 3. The normalized spacial score (nSPS) is 19.0. The maximum atomic E-state index is 13.3. The summed E-state index contributed by atoms with van der Waals surface area (Å²) in [5.41, 5.74) is 3.31. The number of hydrogen-bond acceptors (Lipinski definition) is 14. The van der Waals surface area contributed by atoms with E-state index >= 15 is 0 Å². The van der Waals surface area contributed by atoms with Gasteiger partial charge in [-0.05, 0) is 112 Å². The number of aliphatic hydroxyl groups excluding tert-OH is 1. The van der Waals surface area contributed by atoms with Crippen molar-refractivity contribution in [2.24, 2.45) is 0 Å². The number of anilines is 2. The molecule has 3 N–H and O–H groups in total. The van der Waals surface area contributed by atoms with Crippen molar-refractivity contribution in [3.63, 3.8) is 0 Å². The Hall–Kier alpha value is -6.60. The Bertz CT molecular complexity index is 3130. The zero-order chi connectivity index (χ0) is 45.0. The van der Waals surface area contributed by atoms with Gasteiger partial charge in [0.1, 0.15) is 0 Å². The second-order valence-corrected chi connectivity index (χ2v) is 19.7. The van der Waals surface area contributed by atoms with Crippen LogP contribution in [0.15, 0.2) is 144 Å². The summed E-state index contributed by atoms with van der Waals surface area (Å²) in [5.74, 6) is 1.02. The molecule has 334 valence electrons. The lowest BCUT2D eigenvalue weighted by atomic mass is 9.93. The van der Waals surface area contributed by atoms with Crippen LogP contribution < -0.4 is 10.6 Å². The molecule has 2 aromatic carbocycles. The van der Waals surface area contributed by atoms with E-state index in [1.807, 2.05) is 12.1 Å². The van der Waals surface area contributed by atoms with E-state index in [0.717, 1.165) is 51.4 Å². The molecule has 0 bridgehead atoms. The van der Waals surface area contributed by atoms with Crippen LogP contribution in [-0.4, -0.2) is 91.2 Å². The van der Waals surface area contributed by atoms with Crippen LogP contribution in [0.25, 0.3) is 44.6 Å². The highest BCUT2D eigenvalue weighted by molar-refractivity contribution is 7.90. The van der Waals surface area contributed by atoms with E-state index in [1.54, 1.807) is 129 Å². The standard InChI is InChI=1S/C24H25N5O3S.C23H23N5O3S/c1-32-18-11-9-17(10-12-18)27-24-26-15-13-22(28-24)21-16-29(23-20(21)8-5-14-25-23)33(30,31)19-6-3-2-4-7-19;29-17-10-8-16(9-11-17)26-23-25-14-12-21(27-23)20-15-28(22-19(20)7-4-13-24-22)32(30,31)18-5-2-1-3-6-18/h2-8,13-18H,9-12H2,1H3,(H,26,27,28);1-7,12-17,29H,8-11H2,(H,25,26,27). The minimum Gasteiger partial charge on any atom is -0.393 e. The minimum atomic E-state index is -3.82. The molecule has 0 spiro atoms. The smallest absolute Gasteiger partial charge is 0.269 e. The number of nitrogens with zero attached hydrogens (tertiary/aromatic N) is 8. The van der Waals surface area contributed by atoms with Gasteiger partial charge in [-0.1, -0.05) is 36.4 Å². The Morgan fingerprint density at radius 3 is 1.40 bits per heavy atom. The first-order valence-corrected chi connectivity index (χ1v) is 24.4. The average Bonchev–Trinajstić information content (AvgIpc) is 3.95. The number of aromatic nitrogens is 8. The molecule has 2 saturated carbocycles. The number of fused-ring (bicyclic) bond motifs is 2. The molecule has 2 aliphatic carbocycles. The molecule has 6 aromatic heterocycles. The van der Waals surface area contributed by atoms with E-state index in [-0.39, 0.29) is 28.0 Å². The lowest BCUT2D eigenvalue weighted by Gasteiger charge is -2.28. The van der Waals surface area contributed by atoms with Crippen LogP contribution in [0.4, 0.5) is 11.9 Å². The molecular formula is C47H48N10O6S2. The molecular weight excluding hydrogens is 865 g/mol. The van der Waals surface area contributed by atoms with Crippen molar-refractivity contribution in [1.82, 2.24) is 37.8 Å². The van der Waals surface area contributed by atoms with Crippen LogP contribution in [0.5, 0.6) is 0 Å². The van der Waals surface area contributed by atoms with E-state index in [0.29, 0.717) is 62.6 Å². The highest BCUT2D eigenvalue weighted by atomic mass is 32.2. The third-order valence-corrected chi connectivity index (χ3v) is 15.2. The van der Waals surface area contributed by atoms with Crippen molar-refractivity contribution >= 4 is 54.0 Å². The summed E-state index contributed by atoms with van der Waals surface area (Å²) >= 11 is 0. The van der Waals surface area contributed by atoms with Gasteiger partial charge in [0.05, 0.1) is 33.4 Å². The first-order chi connectivity index (χ1) is 31.6. The van der Waals surface area contributed by atoms with Crippen molar-refractivity contribution in [2.45, 2.75) is 85.4 Å². The Morgan fingerprint density at radius 2 is 0.969 bits per heavy atom. The molecule has 0 saturated heterocycles. The summed E-state index contributed by atoms with van der Waals surface area (Å²) in [6, 6.07) is 27.9. The summed E-state index contributed by atoms with van der Waals surface area (Å²) < 4.78 is 61.2. The molecule has 8 aromatic rings. The van der Waals surface area contributed by atoms with Gasteiger partial charge >= 0.3 is 0 Å². The average molecular weight is 913 g/mol. The number of methoxy groups -OCH3 is 1. The SMILES string of the molecule is COC1CCC(Nc2nccc(-c3cn(S(=O)(=O)c4ccccc4)c4ncccc34)n2)CC1.O=S(=O)(c1ccccc1)n1cc(-c2ccnc(NC3CCC(O)CC3)n2)c2cccnc21. The van der Waals surface area contributed by atoms with Gasteiger partial charge in [0.25, 0.3) is 20.0 Å². The molecule has 2 fully saturated rings. The second-order valence-electron chi connectivity index (χ2n) is 16.1. The molecule has 6 heterocycles. The summed E-state index contributed by atoms with van der Waals surface area (Å²) in [4.78, 5) is 27.2. The van der Waals surface area contributed by atoms with Crippen LogP contribution in [0.3, 0.4) is 0 Å². The predicted octanol–water partition coefficient (Wildman–Crippen LogP) is 7.55. The van der Waals surface area contributed by atoms with Gasteiger partial charge in [0.15, 0.2) is 11.3 Å². The van der Waals surface area contributed by atoms with Gasteiger partial charge in [0, 0.05) is 78.3 Å². The predicted molar refractivity (Wildman–Crippen MR) is 248 cm³/mol. The highest BCUT2D eigenvalue weighted by Gasteiger charge is 2.26. The summed E-state index contributed by atoms with van der Waals surface area (Å²) in [7, 11) is -5.87. The van der Waals surface area contributed by atoms with Crippen molar-refractivity contribution in [3.8, 4) is 22.5 Å². The van der Waals surface area contributed by atoms with Crippen LogP contribution in [0.1, 0.15) is 51.4 Å². The Balaban J connectivity index is 0.000000164. The van der Waals surface area contributed by atoms with Gasteiger partial charge in [0.2, 0.25) is 11.9 Å². The molecule has 0 aliphatic heterocycles. The lowest BCUT2D eigenvalue weighted by molar-refractivity contribution is 0.0681. The fraction of sp³-hybridized carbons (Fsp3) is 0.277. The monoisotopic (exact) mass is 912 g/mol. The number of rotatable bonds is 11. The topological polar surface area (TPSA) is 209 Å². The lowest BCUT2D eigenvalue weighted by Crippen LogP contribution is -2.29. The highest BCUT2D eigenvalue weighted by Crippen LogP contribution is 2.34. The second kappa shape index (κ2) is 18.9. The van der Waals surface area contributed by atoms with E-state index in [1.165, 1.54) is 7.94 Å². The van der Waals surface area contributed by atoms with Crippen molar-refractivity contribution in [3.05, 3.63) is 134 Å². The van der Waals surface area contributed by atoms with Gasteiger partial charge in [-0.25, -0.2) is 54.7 Å². The van der Waals surface area contributed by atoms with Crippen LogP contribution >= 0.6 is 0 Å². The third kappa shape index (κ3) is 9.33. The van der Waals surface area contributed by atoms with Gasteiger partial charge in [-0.2, -0.15) is 0 Å². The zero-order valence-corrected chi connectivity index (χ0v) is 37.2. The largest absolute Gasteiger partial charge is 0.393 e. The molecule has 0 radical (unpaired) electrons. The number of benzene rings is 2. The maximum Gasteiger partial charge on any atom is 0.269 e. The number of ether oxygens (including phenoxy) is 1. The van der Waals surface area contributed by atoms with Crippen LogP contribution in [-0.2, 0) is 24.8 Å². The number of nitrogens with one attached hydrogen (secondary N) is 2. The van der Waals surface area contributed by atoms with E-state index in [4.69, 9.17) is 9.72 Å². The van der Waals surface area contributed by atoms with E-state index < -0.39 is 20.0 Å². The van der Waals surface area contributed by atoms with E-state index in [9.17, 15) is 21.9 Å². The van der Waals surface area contributed by atoms with Gasteiger partial charge in [-0.3, -0.25) is 0 Å². The molecule has 0 atom stereocenters. The Morgan fingerprint density at radius 1 is 0.538 bits per heavy atom. The molecule has 16 nitrogen and oxygen atoms in total. The first-order valence-electron chi connectivity index (χ1n) is 21.5. The fourth-order valence-electron chi connectivity index (χ4n) is 8.43. The number of aliphatic hydroxyl groups is 1. The molecule has 0 unspecified atom stereocenters. The van der Waals surface area contributed by atoms with Crippen LogP contribution in [0.2, 0.25) is 0 Å². The van der Waals surface area contributed by atoms with Gasteiger partial charge < -0.3 is 20.5 Å².